The van der Waals surface area contributed by atoms with Gasteiger partial charge in [-0.05, 0) is 49.6 Å². The number of hydrogen-bond donors (Lipinski definition) is 2. The summed E-state index contributed by atoms with van der Waals surface area (Å²) in [6.07, 6.45) is 0. The molecule has 0 saturated heterocycles. The van der Waals surface area contributed by atoms with E-state index in [4.69, 9.17) is 23.2 Å². The van der Waals surface area contributed by atoms with Crippen molar-refractivity contribution in [1.29, 1.82) is 0 Å². The number of hydrogen-bond acceptors (Lipinski definition) is 5. The molecular weight excluding hydrogens is 493 g/mol. The van der Waals surface area contributed by atoms with Crippen molar-refractivity contribution in [3.63, 3.8) is 0 Å². The molecule has 0 aliphatic rings. The third-order valence-corrected chi connectivity index (χ3v) is 6.75. The summed E-state index contributed by atoms with van der Waals surface area (Å²) in [5.41, 5.74) is 2.01. The molecule has 3 rings (SSSR count). The van der Waals surface area contributed by atoms with Crippen molar-refractivity contribution in [2.75, 3.05) is 11.1 Å². The minimum absolute atomic E-state index is 0.0490. The SMILES string of the molecule is CCn1c(SCC(=O)Nc2cc(Cl)ccc2C)nnc1[C@H](NC(=O)c1ccccc1Cl)C(C)C. The summed E-state index contributed by atoms with van der Waals surface area (Å²) in [7, 11) is 0. The molecule has 7 nitrogen and oxygen atoms in total. The molecule has 180 valence electrons. The third-order valence-electron chi connectivity index (χ3n) is 5.22. The Bertz CT molecular complexity index is 1180. The highest BCUT2D eigenvalue weighted by molar-refractivity contribution is 7.99. The van der Waals surface area contributed by atoms with E-state index < -0.39 is 0 Å². The van der Waals surface area contributed by atoms with Crippen LogP contribution in [0.3, 0.4) is 0 Å². The fraction of sp³-hybridized carbons (Fsp3) is 0.333. The van der Waals surface area contributed by atoms with E-state index in [2.05, 4.69) is 20.8 Å². The van der Waals surface area contributed by atoms with Gasteiger partial charge in [-0.15, -0.1) is 10.2 Å². The van der Waals surface area contributed by atoms with Gasteiger partial charge in [0.05, 0.1) is 22.4 Å². The number of halogens is 2. The van der Waals surface area contributed by atoms with Crippen LogP contribution in [0, 0.1) is 12.8 Å². The molecule has 0 bridgehead atoms. The molecule has 0 radical (unpaired) electrons. The molecule has 0 fully saturated rings. The maximum atomic E-state index is 12.9. The zero-order valence-electron chi connectivity index (χ0n) is 19.4. The molecule has 2 amide bonds. The topological polar surface area (TPSA) is 88.9 Å². The minimum atomic E-state index is -0.381. The molecule has 0 saturated carbocycles. The fourth-order valence-electron chi connectivity index (χ4n) is 3.37. The molecule has 0 spiro atoms. The van der Waals surface area contributed by atoms with Crippen molar-refractivity contribution >= 4 is 52.5 Å². The van der Waals surface area contributed by atoms with Gasteiger partial charge in [0.15, 0.2) is 11.0 Å². The number of nitrogens with one attached hydrogen (secondary N) is 2. The maximum absolute atomic E-state index is 12.9. The lowest BCUT2D eigenvalue weighted by Crippen LogP contribution is -2.34. The Morgan fingerprint density at radius 3 is 2.53 bits per heavy atom. The molecule has 1 atom stereocenters. The van der Waals surface area contributed by atoms with Crippen molar-refractivity contribution in [3.8, 4) is 0 Å². The molecule has 1 heterocycles. The second-order valence-corrected chi connectivity index (χ2v) is 9.84. The van der Waals surface area contributed by atoms with E-state index in [9.17, 15) is 9.59 Å². The van der Waals surface area contributed by atoms with E-state index >= 15 is 0 Å². The van der Waals surface area contributed by atoms with E-state index in [1.54, 1.807) is 36.4 Å². The largest absolute Gasteiger partial charge is 0.342 e. The Morgan fingerprint density at radius 2 is 1.85 bits per heavy atom. The summed E-state index contributed by atoms with van der Waals surface area (Å²) in [5.74, 6) is 0.386. The van der Waals surface area contributed by atoms with E-state index in [1.165, 1.54) is 11.8 Å². The van der Waals surface area contributed by atoms with E-state index in [0.717, 1.165) is 5.56 Å². The Hall–Kier alpha value is -2.55. The van der Waals surface area contributed by atoms with Gasteiger partial charge in [0.1, 0.15) is 0 Å². The number of thioether (sulfide) groups is 1. The zero-order valence-corrected chi connectivity index (χ0v) is 21.8. The lowest BCUT2D eigenvalue weighted by molar-refractivity contribution is -0.113. The zero-order chi connectivity index (χ0) is 24.8. The number of rotatable bonds is 9. The highest BCUT2D eigenvalue weighted by Crippen LogP contribution is 2.27. The highest BCUT2D eigenvalue weighted by Gasteiger charge is 2.26. The summed E-state index contributed by atoms with van der Waals surface area (Å²) < 4.78 is 1.92. The predicted octanol–water partition coefficient (Wildman–Crippen LogP) is 5.77. The van der Waals surface area contributed by atoms with Gasteiger partial charge in [-0.25, -0.2) is 0 Å². The van der Waals surface area contributed by atoms with Crippen molar-refractivity contribution in [2.45, 2.75) is 45.4 Å². The van der Waals surface area contributed by atoms with Gasteiger partial charge in [-0.1, -0.05) is 67.0 Å². The van der Waals surface area contributed by atoms with Crippen LogP contribution in [0.25, 0.3) is 0 Å². The Labute approximate surface area is 213 Å². The van der Waals surface area contributed by atoms with Crippen molar-refractivity contribution in [2.24, 2.45) is 5.92 Å². The monoisotopic (exact) mass is 519 g/mol. The first-order valence-corrected chi connectivity index (χ1v) is 12.6. The van der Waals surface area contributed by atoms with Crippen LogP contribution in [-0.4, -0.2) is 32.3 Å². The van der Waals surface area contributed by atoms with Crippen molar-refractivity contribution in [3.05, 3.63) is 69.5 Å². The first-order valence-electron chi connectivity index (χ1n) is 10.9. The summed E-state index contributed by atoms with van der Waals surface area (Å²) in [5, 5.41) is 16.1. The lowest BCUT2D eigenvalue weighted by Gasteiger charge is -2.22. The number of nitrogens with zero attached hydrogens (tertiary/aromatic N) is 3. The number of carbonyl (C=O) groups excluding carboxylic acids is 2. The number of benzene rings is 2. The average Bonchev–Trinajstić information content (AvgIpc) is 3.21. The second-order valence-electron chi connectivity index (χ2n) is 8.06. The Morgan fingerprint density at radius 1 is 1.12 bits per heavy atom. The van der Waals surface area contributed by atoms with Gasteiger partial charge in [0, 0.05) is 17.3 Å². The molecule has 0 aliphatic carbocycles. The maximum Gasteiger partial charge on any atom is 0.253 e. The molecular formula is C24H27Cl2N5O2S. The number of aromatic nitrogens is 3. The molecule has 10 heteroatoms. The van der Waals surface area contributed by atoms with Crippen LogP contribution in [0.4, 0.5) is 5.69 Å². The quantitative estimate of drug-likeness (QED) is 0.350. The van der Waals surface area contributed by atoms with E-state index in [1.807, 2.05) is 38.3 Å². The predicted molar refractivity (Wildman–Crippen MR) is 138 cm³/mol. The third kappa shape index (κ3) is 6.31. The van der Waals surface area contributed by atoms with Gasteiger partial charge in [0.2, 0.25) is 5.91 Å². The van der Waals surface area contributed by atoms with Gasteiger partial charge in [0.25, 0.3) is 5.91 Å². The van der Waals surface area contributed by atoms with Gasteiger partial charge in [-0.2, -0.15) is 0 Å². The van der Waals surface area contributed by atoms with Crippen LogP contribution in [0.2, 0.25) is 10.0 Å². The van der Waals surface area contributed by atoms with Crippen LogP contribution in [0.5, 0.6) is 0 Å². The first-order chi connectivity index (χ1) is 16.2. The lowest BCUT2D eigenvalue weighted by atomic mass is 10.0. The van der Waals surface area contributed by atoms with Crippen LogP contribution >= 0.6 is 35.0 Å². The Balaban J connectivity index is 1.73. The van der Waals surface area contributed by atoms with Crippen LogP contribution in [-0.2, 0) is 11.3 Å². The molecule has 0 unspecified atom stereocenters. The molecule has 34 heavy (non-hydrogen) atoms. The highest BCUT2D eigenvalue weighted by atomic mass is 35.5. The standard InChI is InChI=1S/C24H27Cl2N5O2S/c1-5-31-22(21(14(2)3)28-23(33)17-8-6-7-9-18(17)26)29-30-24(31)34-13-20(32)27-19-12-16(25)11-10-15(19)4/h6-12,14,21H,5,13H2,1-4H3,(H,27,32)(H,28,33)/t21-/m1/s1. The van der Waals surface area contributed by atoms with Crippen LogP contribution in [0.15, 0.2) is 47.6 Å². The summed E-state index contributed by atoms with van der Waals surface area (Å²) in [6.45, 7) is 8.46. The average molecular weight is 520 g/mol. The molecule has 1 aromatic heterocycles. The second kappa shape index (κ2) is 11.7. The summed E-state index contributed by atoms with van der Waals surface area (Å²) in [6, 6.07) is 11.9. The van der Waals surface area contributed by atoms with Crippen LogP contribution < -0.4 is 10.6 Å². The van der Waals surface area contributed by atoms with E-state index in [-0.39, 0.29) is 29.5 Å². The smallest absolute Gasteiger partial charge is 0.253 e. The Kier molecular flexibility index (Phi) is 8.99. The van der Waals surface area contributed by atoms with Gasteiger partial charge < -0.3 is 15.2 Å². The number of aryl methyl sites for hydroxylation is 1. The van der Waals surface area contributed by atoms with Crippen LogP contribution in [0.1, 0.15) is 48.6 Å². The first kappa shape index (κ1) is 26.1. The minimum Gasteiger partial charge on any atom is -0.342 e. The van der Waals surface area contributed by atoms with Gasteiger partial charge >= 0.3 is 0 Å². The van der Waals surface area contributed by atoms with Gasteiger partial charge in [-0.3, -0.25) is 9.59 Å². The molecule has 2 aromatic carbocycles. The molecule has 0 aliphatic heterocycles. The number of anilines is 1. The summed E-state index contributed by atoms with van der Waals surface area (Å²) in [4.78, 5) is 25.4. The summed E-state index contributed by atoms with van der Waals surface area (Å²) >= 11 is 13.5. The number of carbonyl (C=O) groups is 2. The fourth-order valence-corrected chi connectivity index (χ4v) is 4.58. The van der Waals surface area contributed by atoms with Crippen molar-refractivity contribution < 1.29 is 9.59 Å². The molecule has 2 N–H and O–H groups in total. The number of amides is 2. The normalized spacial score (nSPS) is 12.0. The van der Waals surface area contributed by atoms with E-state index in [0.29, 0.717) is 38.8 Å². The molecule has 3 aromatic rings. The van der Waals surface area contributed by atoms with Crippen molar-refractivity contribution in [1.82, 2.24) is 20.1 Å².